The van der Waals surface area contributed by atoms with Gasteiger partial charge in [-0.15, -0.1) is 0 Å². The van der Waals surface area contributed by atoms with Crippen molar-refractivity contribution >= 4 is 16.5 Å². The monoisotopic (exact) mass is 282 g/mol. The standard InChI is InChI=1S/C12H18N4O2S/c1-8-5-14-10(18-8)7-13-6-9-11(17-4)15-12(19-9)16(2)3/h5,13H,6-7H2,1-4H3. The van der Waals surface area contributed by atoms with E-state index in [4.69, 9.17) is 9.15 Å². The van der Waals surface area contributed by atoms with Gasteiger partial charge in [-0.25, -0.2) is 4.98 Å². The van der Waals surface area contributed by atoms with Gasteiger partial charge in [-0.2, -0.15) is 4.98 Å². The maximum Gasteiger partial charge on any atom is 0.230 e. The fraction of sp³-hybridized carbons (Fsp3) is 0.500. The number of ether oxygens (including phenoxy) is 1. The van der Waals surface area contributed by atoms with E-state index in [2.05, 4.69) is 15.3 Å². The van der Waals surface area contributed by atoms with Crippen molar-refractivity contribution in [2.75, 3.05) is 26.1 Å². The van der Waals surface area contributed by atoms with Gasteiger partial charge in [0.05, 0.1) is 24.7 Å². The van der Waals surface area contributed by atoms with E-state index in [1.165, 1.54) is 0 Å². The van der Waals surface area contributed by atoms with E-state index in [-0.39, 0.29) is 0 Å². The SMILES string of the molecule is COc1nc(N(C)C)sc1CNCc1ncc(C)o1. The third-order valence-corrected chi connectivity index (χ3v) is 3.66. The molecule has 6 nitrogen and oxygen atoms in total. The quantitative estimate of drug-likeness (QED) is 0.871. The highest BCUT2D eigenvalue weighted by molar-refractivity contribution is 7.15. The maximum absolute atomic E-state index is 5.40. The van der Waals surface area contributed by atoms with Gasteiger partial charge in [-0.05, 0) is 6.92 Å². The second-order valence-electron chi connectivity index (χ2n) is 4.29. The molecule has 2 heterocycles. The van der Waals surface area contributed by atoms with Crippen molar-refractivity contribution < 1.29 is 9.15 Å². The van der Waals surface area contributed by atoms with Crippen LogP contribution in [-0.2, 0) is 13.1 Å². The van der Waals surface area contributed by atoms with Crippen LogP contribution in [0.25, 0.3) is 0 Å². The zero-order valence-electron chi connectivity index (χ0n) is 11.6. The number of anilines is 1. The Bertz CT molecular complexity index is 536. The van der Waals surface area contributed by atoms with Crippen LogP contribution in [-0.4, -0.2) is 31.2 Å². The number of thiazole rings is 1. The van der Waals surface area contributed by atoms with E-state index < -0.39 is 0 Å². The molecule has 0 amide bonds. The minimum atomic E-state index is 0.589. The van der Waals surface area contributed by atoms with Gasteiger partial charge in [0.25, 0.3) is 0 Å². The van der Waals surface area contributed by atoms with Crippen molar-refractivity contribution in [2.45, 2.75) is 20.0 Å². The molecule has 0 aromatic carbocycles. The summed E-state index contributed by atoms with van der Waals surface area (Å²) in [6.07, 6.45) is 1.72. The summed E-state index contributed by atoms with van der Waals surface area (Å²) in [6, 6.07) is 0. The lowest BCUT2D eigenvalue weighted by molar-refractivity contribution is 0.393. The first kappa shape index (κ1) is 13.8. The smallest absolute Gasteiger partial charge is 0.230 e. The predicted molar refractivity (Wildman–Crippen MR) is 74.8 cm³/mol. The van der Waals surface area contributed by atoms with E-state index in [0.29, 0.717) is 24.9 Å². The summed E-state index contributed by atoms with van der Waals surface area (Å²) in [4.78, 5) is 11.6. The molecule has 2 aromatic rings. The normalized spacial score (nSPS) is 10.7. The lowest BCUT2D eigenvalue weighted by Crippen LogP contribution is -2.12. The molecule has 0 radical (unpaired) electrons. The minimum absolute atomic E-state index is 0.589. The Balaban J connectivity index is 1.95. The van der Waals surface area contributed by atoms with Crippen LogP contribution in [0.3, 0.4) is 0 Å². The first-order valence-corrected chi connectivity index (χ1v) is 6.75. The third kappa shape index (κ3) is 3.45. The highest BCUT2D eigenvalue weighted by Crippen LogP contribution is 2.30. The van der Waals surface area contributed by atoms with Gasteiger partial charge < -0.3 is 19.4 Å². The molecule has 1 N–H and O–H groups in total. The van der Waals surface area contributed by atoms with Crippen LogP contribution in [0.5, 0.6) is 5.88 Å². The fourth-order valence-electron chi connectivity index (χ4n) is 1.55. The van der Waals surface area contributed by atoms with Crippen LogP contribution in [0.2, 0.25) is 0 Å². The van der Waals surface area contributed by atoms with Crippen LogP contribution < -0.4 is 15.0 Å². The van der Waals surface area contributed by atoms with Gasteiger partial charge in [-0.1, -0.05) is 11.3 Å². The minimum Gasteiger partial charge on any atom is -0.480 e. The number of hydrogen-bond acceptors (Lipinski definition) is 7. The van der Waals surface area contributed by atoms with Gasteiger partial charge in [0, 0.05) is 20.6 Å². The van der Waals surface area contributed by atoms with Gasteiger partial charge in [0.1, 0.15) is 5.76 Å². The topological polar surface area (TPSA) is 63.4 Å². The fourth-order valence-corrected chi connectivity index (χ4v) is 2.48. The summed E-state index contributed by atoms with van der Waals surface area (Å²) in [6.45, 7) is 3.15. The van der Waals surface area contributed by atoms with E-state index in [1.807, 2.05) is 25.9 Å². The Kier molecular flexibility index (Phi) is 4.39. The molecule has 104 valence electrons. The average molecular weight is 282 g/mol. The Morgan fingerprint density at radius 2 is 2.21 bits per heavy atom. The molecule has 2 aromatic heterocycles. The second-order valence-corrected chi connectivity index (χ2v) is 5.35. The zero-order valence-corrected chi connectivity index (χ0v) is 12.4. The highest BCUT2D eigenvalue weighted by atomic mass is 32.1. The van der Waals surface area contributed by atoms with Crippen molar-refractivity contribution in [1.29, 1.82) is 0 Å². The van der Waals surface area contributed by atoms with Crippen LogP contribution in [0, 0.1) is 6.92 Å². The molecule has 0 saturated carbocycles. The third-order valence-electron chi connectivity index (χ3n) is 2.46. The zero-order chi connectivity index (χ0) is 13.8. The van der Waals surface area contributed by atoms with E-state index >= 15 is 0 Å². The number of methoxy groups -OCH3 is 1. The lowest BCUT2D eigenvalue weighted by atomic mass is 10.5. The predicted octanol–water partition coefficient (Wildman–Crippen LogP) is 1.80. The summed E-state index contributed by atoms with van der Waals surface area (Å²) in [5, 5.41) is 4.21. The molecule has 0 aliphatic carbocycles. The van der Waals surface area contributed by atoms with Gasteiger partial charge >= 0.3 is 0 Å². The molecule has 0 saturated heterocycles. The Morgan fingerprint density at radius 1 is 1.42 bits per heavy atom. The molecule has 7 heteroatoms. The van der Waals surface area contributed by atoms with Crippen LogP contribution in [0.1, 0.15) is 16.5 Å². The molecule has 2 rings (SSSR count). The largest absolute Gasteiger partial charge is 0.480 e. The number of aryl methyl sites for hydroxylation is 1. The van der Waals surface area contributed by atoms with Crippen LogP contribution in [0.4, 0.5) is 5.13 Å². The average Bonchev–Trinajstić information content (AvgIpc) is 2.96. The second kappa shape index (κ2) is 6.03. The summed E-state index contributed by atoms with van der Waals surface area (Å²) in [5.74, 6) is 2.18. The number of nitrogens with one attached hydrogen (secondary N) is 1. The van der Waals surface area contributed by atoms with Crippen LogP contribution in [0.15, 0.2) is 10.6 Å². The van der Waals surface area contributed by atoms with Gasteiger partial charge in [-0.3, -0.25) is 0 Å². The van der Waals surface area contributed by atoms with Gasteiger partial charge in [0.15, 0.2) is 5.13 Å². The van der Waals surface area contributed by atoms with Crippen molar-refractivity contribution in [3.63, 3.8) is 0 Å². The molecule has 0 atom stereocenters. The van der Waals surface area contributed by atoms with Crippen molar-refractivity contribution in [3.05, 3.63) is 22.7 Å². The number of hydrogen-bond donors (Lipinski definition) is 1. The first-order valence-electron chi connectivity index (χ1n) is 5.93. The molecule has 0 unspecified atom stereocenters. The summed E-state index contributed by atoms with van der Waals surface area (Å²) in [5.41, 5.74) is 0. The molecule has 0 aliphatic heterocycles. The van der Waals surface area contributed by atoms with Crippen LogP contribution >= 0.6 is 11.3 Å². The Hall–Kier alpha value is -1.60. The molecule has 19 heavy (non-hydrogen) atoms. The van der Waals surface area contributed by atoms with Crippen molar-refractivity contribution in [3.8, 4) is 5.88 Å². The maximum atomic E-state index is 5.40. The molecule has 0 fully saturated rings. The molecule has 0 spiro atoms. The number of aromatic nitrogens is 2. The van der Waals surface area contributed by atoms with Crippen molar-refractivity contribution in [2.24, 2.45) is 0 Å². The summed E-state index contributed by atoms with van der Waals surface area (Å²) >= 11 is 1.61. The highest BCUT2D eigenvalue weighted by Gasteiger charge is 2.13. The Morgan fingerprint density at radius 3 is 2.79 bits per heavy atom. The molecule has 0 aliphatic rings. The van der Waals surface area contributed by atoms with E-state index in [1.54, 1.807) is 24.6 Å². The molecular weight excluding hydrogens is 264 g/mol. The number of oxazole rings is 1. The summed E-state index contributed by atoms with van der Waals surface area (Å²) < 4.78 is 10.7. The number of nitrogens with zero attached hydrogens (tertiary/aromatic N) is 3. The van der Waals surface area contributed by atoms with Gasteiger partial charge in [0.2, 0.25) is 11.8 Å². The van der Waals surface area contributed by atoms with Crippen molar-refractivity contribution in [1.82, 2.24) is 15.3 Å². The first-order chi connectivity index (χ1) is 9.10. The molecular formula is C12H18N4O2S. The van der Waals surface area contributed by atoms with E-state index in [0.717, 1.165) is 15.8 Å². The number of rotatable bonds is 6. The van der Waals surface area contributed by atoms with E-state index in [9.17, 15) is 0 Å². The Labute approximate surface area is 116 Å². The lowest BCUT2D eigenvalue weighted by Gasteiger charge is -2.04. The molecule has 0 bridgehead atoms. The summed E-state index contributed by atoms with van der Waals surface area (Å²) in [7, 11) is 5.56.